The number of pyridine rings is 1. The average Bonchev–Trinajstić information content (AvgIpc) is 3.47. The summed E-state index contributed by atoms with van der Waals surface area (Å²) in [5.41, 5.74) is 0.0906. The number of hydrogen-bond donors (Lipinski definition) is 2. The maximum atomic E-state index is 13.0. The van der Waals surface area contributed by atoms with E-state index >= 15 is 0 Å². The van der Waals surface area contributed by atoms with Gasteiger partial charge in [0.05, 0.1) is 11.7 Å². The van der Waals surface area contributed by atoms with Crippen molar-refractivity contribution in [1.82, 2.24) is 19.6 Å². The molecule has 0 radical (unpaired) electrons. The van der Waals surface area contributed by atoms with E-state index in [9.17, 15) is 13.2 Å². The molecule has 9 heteroatoms. The van der Waals surface area contributed by atoms with Crippen LogP contribution in [0.3, 0.4) is 0 Å². The number of fused-ring (bicyclic) bond motifs is 1. The largest absolute Gasteiger partial charge is 0.370 e. The number of H-pyrrole nitrogens is 1. The molecule has 8 nitrogen and oxygen atoms in total. The van der Waals surface area contributed by atoms with Crippen molar-refractivity contribution in [3.8, 4) is 0 Å². The zero-order chi connectivity index (χ0) is 19.4. The summed E-state index contributed by atoms with van der Waals surface area (Å²) in [5.74, 6) is 0.0445. The SMILES string of the molecule is O=C(NC[C@H]1[C@H]2CN(S(=O)(=O)c3cccnc3)C[C@]23CC[C@H]1O3)c1ccc[nH]1. The summed E-state index contributed by atoms with van der Waals surface area (Å²) in [6.45, 7) is 1.26. The number of ether oxygens (including phenoxy) is 1. The molecule has 148 valence electrons. The number of aromatic amines is 1. The van der Waals surface area contributed by atoms with Gasteiger partial charge in [-0.15, -0.1) is 0 Å². The van der Waals surface area contributed by atoms with Crippen LogP contribution in [0.25, 0.3) is 0 Å². The molecule has 3 aliphatic heterocycles. The highest BCUT2D eigenvalue weighted by Crippen LogP contribution is 2.55. The smallest absolute Gasteiger partial charge is 0.267 e. The van der Waals surface area contributed by atoms with E-state index in [2.05, 4.69) is 15.3 Å². The predicted octanol–water partition coefficient (Wildman–Crippen LogP) is 1.01. The summed E-state index contributed by atoms with van der Waals surface area (Å²) in [5, 5.41) is 2.98. The average molecular weight is 402 g/mol. The van der Waals surface area contributed by atoms with E-state index in [1.54, 1.807) is 36.7 Å². The van der Waals surface area contributed by atoms with Crippen molar-refractivity contribution in [1.29, 1.82) is 0 Å². The van der Waals surface area contributed by atoms with Crippen molar-refractivity contribution < 1.29 is 17.9 Å². The molecule has 28 heavy (non-hydrogen) atoms. The van der Waals surface area contributed by atoms with Gasteiger partial charge in [-0.05, 0) is 37.1 Å². The van der Waals surface area contributed by atoms with Crippen molar-refractivity contribution in [3.63, 3.8) is 0 Å². The normalized spacial score (nSPS) is 31.8. The Morgan fingerprint density at radius 1 is 1.39 bits per heavy atom. The van der Waals surface area contributed by atoms with E-state index in [1.165, 1.54) is 10.5 Å². The number of rotatable bonds is 5. The number of amides is 1. The van der Waals surface area contributed by atoms with Crippen LogP contribution in [0.5, 0.6) is 0 Å². The van der Waals surface area contributed by atoms with Crippen molar-refractivity contribution in [3.05, 3.63) is 48.5 Å². The molecule has 2 bridgehead atoms. The monoisotopic (exact) mass is 402 g/mol. The molecule has 1 amide bonds. The summed E-state index contributed by atoms with van der Waals surface area (Å²) < 4.78 is 33.9. The number of hydrogen-bond acceptors (Lipinski definition) is 5. The third-order valence-electron chi connectivity index (χ3n) is 6.37. The van der Waals surface area contributed by atoms with E-state index in [0.717, 1.165) is 12.8 Å². The van der Waals surface area contributed by atoms with Gasteiger partial charge in [-0.2, -0.15) is 4.31 Å². The Balaban J connectivity index is 1.33. The molecular weight excluding hydrogens is 380 g/mol. The highest BCUT2D eigenvalue weighted by molar-refractivity contribution is 7.89. The van der Waals surface area contributed by atoms with Crippen molar-refractivity contribution in [2.45, 2.75) is 29.4 Å². The lowest BCUT2D eigenvalue weighted by Gasteiger charge is -2.29. The lowest BCUT2D eigenvalue weighted by atomic mass is 9.73. The molecule has 1 spiro atoms. The minimum absolute atomic E-state index is 0.0807. The fourth-order valence-corrected chi connectivity index (χ4v) is 6.52. The maximum Gasteiger partial charge on any atom is 0.267 e. The van der Waals surface area contributed by atoms with Gasteiger partial charge in [-0.25, -0.2) is 8.42 Å². The van der Waals surface area contributed by atoms with Gasteiger partial charge in [0.15, 0.2) is 0 Å². The fourth-order valence-electron chi connectivity index (χ4n) is 5.03. The molecule has 3 aliphatic rings. The molecule has 3 fully saturated rings. The van der Waals surface area contributed by atoms with Crippen LogP contribution < -0.4 is 5.32 Å². The van der Waals surface area contributed by atoms with Gasteiger partial charge in [0.2, 0.25) is 10.0 Å². The predicted molar refractivity (Wildman–Crippen MR) is 99.9 cm³/mol. The van der Waals surface area contributed by atoms with E-state index in [4.69, 9.17) is 4.74 Å². The number of nitrogens with one attached hydrogen (secondary N) is 2. The molecule has 4 atom stereocenters. The number of nitrogens with zero attached hydrogens (tertiary/aromatic N) is 2. The first-order chi connectivity index (χ1) is 13.5. The van der Waals surface area contributed by atoms with Gasteiger partial charge >= 0.3 is 0 Å². The second-order valence-electron chi connectivity index (χ2n) is 7.81. The Bertz CT molecular complexity index is 979. The first kappa shape index (κ1) is 17.8. The second-order valence-corrected chi connectivity index (χ2v) is 9.75. The number of aromatic nitrogens is 2. The van der Waals surface area contributed by atoms with Crippen molar-refractivity contribution >= 4 is 15.9 Å². The minimum atomic E-state index is -3.60. The molecule has 0 unspecified atom stereocenters. The number of sulfonamides is 1. The van der Waals surface area contributed by atoms with Crippen LogP contribution in [0.1, 0.15) is 23.3 Å². The topological polar surface area (TPSA) is 104 Å². The van der Waals surface area contributed by atoms with E-state index in [-0.39, 0.29) is 28.7 Å². The van der Waals surface area contributed by atoms with Crippen LogP contribution in [0, 0.1) is 11.8 Å². The number of carbonyl (C=O) groups is 1. The molecule has 3 saturated heterocycles. The minimum Gasteiger partial charge on any atom is -0.370 e. The Labute approximate surface area is 163 Å². The first-order valence-electron chi connectivity index (χ1n) is 9.49. The second kappa shape index (κ2) is 6.40. The molecule has 2 aromatic rings. The zero-order valence-corrected chi connectivity index (χ0v) is 16.1. The van der Waals surface area contributed by atoms with Gasteiger partial charge in [0.25, 0.3) is 5.91 Å². The first-order valence-corrected chi connectivity index (χ1v) is 10.9. The molecular formula is C19H22N4O4S. The van der Waals surface area contributed by atoms with Gasteiger partial charge in [0.1, 0.15) is 10.6 Å². The molecule has 0 aromatic carbocycles. The van der Waals surface area contributed by atoms with E-state index < -0.39 is 15.6 Å². The van der Waals surface area contributed by atoms with E-state index in [0.29, 0.717) is 25.3 Å². The third kappa shape index (κ3) is 2.68. The van der Waals surface area contributed by atoms with Gasteiger partial charge in [-0.1, -0.05) is 0 Å². The van der Waals surface area contributed by atoms with Crippen LogP contribution in [-0.2, 0) is 14.8 Å². The summed E-state index contributed by atoms with van der Waals surface area (Å²) in [4.78, 5) is 19.3. The molecule has 2 aromatic heterocycles. The highest BCUT2D eigenvalue weighted by Gasteiger charge is 2.64. The lowest BCUT2D eigenvalue weighted by molar-refractivity contribution is 0.00797. The summed E-state index contributed by atoms with van der Waals surface area (Å²) in [7, 11) is -3.60. The summed E-state index contributed by atoms with van der Waals surface area (Å²) in [6, 6.07) is 6.71. The lowest BCUT2D eigenvalue weighted by Crippen LogP contribution is -2.42. The zero-order valence-electron chi connectivity index (χ0n) is 15.2. The van der Waals surface area contributed by atoms with Crippen LogP contribution in [-0.4, -0.2) is 59.9 Å². The summed E-state index contributed by atoms with van der Waals surface area (Å²) >= 11 is 0. The van der Waals surface area contributed by atoms with Crippen LogP contribution >= 0.6 is 0 Å². The highest BCUT2D eigenvalue weighted by atomic mass is 32.2. The maximum absolute atomic E-state index is 13.0. The molecule has 5 rings (SSSR count). The fraction of sp³-hybridized carbons (Fsp3) is 0.474. The number of carbonyl (C=O) groups excluding carboxylic acids is 1. The molecule has 0 saturated carbocycles. The quantitative estimate of drug-likeness (QED) is 0.777. The Morgan fingerprint density at radius 2 is 2.29 bits per heavy atom. The summed E-state index contributed by atoms with van der Waals surface area (Å²) in [6.07, 6.45) is 6.50. The van der Waals surface area contributed by atoms with Crippen LogP contribution in [0.4, 0.5) is 0 Å². The Hall–Kier alpha value is -2.23. The van der Waals surface area contributed by atoms with Gasteiger partial charge in [0, 0.05) is 50.1 Å². The van der Waals surface area contributed by atoms with Gasteiger partial charge in [-0.3, -0.25) is 9.78 Å². The standard InChI is InChI=1S/C19H22N4O4S/c24-18(16-4-2-8-21-16)22-10-14-15-11-23(12-19(15)6-5-17(14)27-19)28(25,26)13-3-1-7-20-9-13/h1-4,7-9,14-15,17,21H,5-6,10-12H2,(H,22,24)/t14-,15+,17+,19+/m0/s1. The van der Waals surface area contributed by atoms with E-state index in [1.807, 2.05) is 0 Å². The Morgan fingerprint density at radius 3 is 3.04 bits per heavy atom. The van der Waals surface area contributed by atoms with Gasteiger partial charge < -0.3 is 15.0 Å². The van der Waals surface area contributed by atoms with Crippen LogP contribution in [0.15, 0.2) is 47.8 Å². The molecule has 0 aliphatic carbocycles. The third-order valence-corrected chi connectivity index (χ3v) is 8.16. The van der Waals surface area contributed by atoms with Crippen LogP contribution in [0.2, 0.25) is 0 Å². The molecule has 5 heterocycles. The van der Waals surface area contributed by atoms with Crippen molar-refractivity contribution in [2.24, 2.45) is 11.8 Å². The molecule has 2 N–H and O–H groups in total. The Kier molecular flexibility index (Phi) is 4.08. The van der Waals surface area contributed by atoms with Crippen molar-refractivity contribution in [2.75, 3.05) is 19.6 Å².